The van der Waals surface area contributed by atoms with Crippen LogP contribution in [-0.4, -0.2) is 30.4 Å². The van der Waals surface area contributed by atoms with Crippen molar-refractivity contribution in [2.75, 3.05) is 0 Å². The number of hydrogen-bond acceptors (Lipinski definition) is 4. The molecule has 0 saturated carbocycles. The fraction of sp³-hybridized carbons (Fsp3) is 0.250. The van der Waals surface area contributed by atoms with Gasteiger partial charge >= 0.3 is 6.09 Å². The van der Waals surface area contributed by atoms with Gasteiger partial charge in [-0.25, -0.2) is 4.79 Å². The van der Waals surface area contributed by atoms with Crippen molar-refractivity contribution in [2.45, 2.75) is 45.4 Å². The summed E-state index contributed by atoms with van der Waals surface area (Å²) in [6, 6.07) is 16.9. The maximum absolute atomic E-state index is 12.9. The number of aldehydes is 1. The SMILES string of the molecule is C=C/C=C\C(=C)CC(NC(=O)OCc1ccccc1)C(=O)NC(C=O)Cc1ccccc1.CC. The van der Waals surface area contributed by atoms with Gasteiger partial charge in [-0.15, -0.1) is 0 Å². The summed E-state index contributed by atoms with van der Waals surface area (Å²) >= 11 is 0. The van der Waals surface area contributed by atoms with E-state index in [-0.39, 0.29) is 13.0 Å². The van der Waals surface area contributed by atoms with Crippen molar-refractivity contribution in [3.05, 3.63) is 109 Å². The van der Waals surface area contributed by atoms with Crippen LogP contribution >= 0.6 is 0 Å². The Morgan fingerprint density at radius 2 is 1.56 bits per heavy atom. The molecule has 0 radical (unpaired) electrons. The topological polar surface area (TPSA) is 84.5 Å². The highest BCUT2D eigenvalue weighted by Gasteiger charge is 2.24. The molecule has 0 spiro atoms. The molecule has 180 valence electrons. The Labute approximate surface area is 202 Å². The number of benzene rings is 2. The summed E-state index contributed by atoms with van der Waals surface area (Å²) in [5, 5.41) is 5.27. The summed E-state index contributed by atoms with van der Waals surface area (Å²) in [4.78, 5) is 36.8. The van der Waals surface area contributed by atoms with Crippen molar-refractivity contribution in [3.63, 3.8) is 0 Å². The van der Waals surface area contributed by atoms with Crippen LogP contribution in [0.5, 0.6) is 0 Å². The summed E-state index contributed by atoms with van der Waals surface area (Å²) in [5.74, 6) is -0.497. The molecule has 0 bridgehead atoms. The quantitative estimate of drug-likeness (QED) is 0.346. The number of hydrogen-bond donors (Lipinski definition) is 2. The second-order valence-electron chi connectivity index (χ2n) is 7.16. The van der Waals surface area contributed by atoms with Crippen LogP contribution in [0.15, 0.2) is 97.6 Å². The van der Waals surface area contributed by atoms with Crippen molar-refractivity contribution in [3.8, 4) is 0 Å². The van der Waals surface area contributed by atoms with Crippen molar-refractivity contribution >= 4 is 18.3 Å². The lowest BCUT2D eigenvalue weighted by atomic mass is 10.0. The molecule has 2 atom stereocenters. The molecule has 6 heteroatoms. The van der Waals surface area contributed by atoms with E-state index in [2.05, 4.69) is 23.8 Å². The predicted octanol–water partition coefficient (Wildman–Crippen LogP) is 4.92. The van der Waals surface area contributed by atoms with Gasteiger partial charge in [-0.05, 0) is 17.5 Å². The van der Waals surface area contributed by atoms with Crippen LogP contribution in [0.25, 0.3) is 0 Å². The van der Waals surface area contributed by atoms with Gasteiger partial charge in [0.15, 0.2) is 0 Å². The number of nitrogens with one attached hydrogen (secondary N) is 2. The molecule has 0 aliphatic rings. The van der Waals surface area contributed by atoms with Crippen LogP contribution in [0.2, 0.25) is 0 Å². The van der Waals surface area contributed by atoms with E-state index in [1.165, 1.54) is 0 Å². The Bertz CT molecular complexity index is 939. The second-order valence-corrected chi connectivity index (χ2v) is 7.16. The minimum Gasteiger partial charge on any atom is -0.445 e. The number of carbonyl (C=O) groups is 3. The molecule has 0 saturated heterocycles. The fourth-order valence-electron chi connectivity index (χ4n) is 2.94. The highest BCUT2D eigenvalue weighted by molar-refractivity contribution is 5.88. The summed E-state index contributed by atoms with van der Waals surface area (Å²) in [5.41, 5.74) is 2.35. The zero-order chi connectivity index (χ0) is 25.2. The first kappa shape index (κ1) is 28.1. The molecule has 0 aromatic heterocycles. The number of amides is 2. The van der Waals surface area contributed by atoms with Gasteiger partial charge in [-0.3, -0.25) is 4.79 Å². The summed E-state index contributed by atoms with van der Waals surface area (Å²) in [6.07, 6.45) is 5.42. The van der Waals surface area contributed by atoms with E-state index in [1.54, 1.807) is 18.2 Å². The first-order valence-corrected chi connectivity index (χ1v) is 11.3. The van der Waals surface area contributed by atoms with Gasteiger partial charge in [0, 0.05) is 6.42 Å². The van der Waals surface area contributed by atoms with Gasteiger partial charge in [-0.1, -0.05) is 111 Å². The number of allylic oxidation sites excluding steroid dienone is 3. The largest absolute Gasteiger partial charge is 0.445 e. The molecule has 2 aromatic carbocycles. The van der Waals surface area contributed by atoms with Gasteiger partial charge in [-0.2, -0.15) is 0 Å². The fourth-order valence-corrected chi connectivity index (χ4v) is 2.94. The van der Waals surface area contributed by atoms with E-state index >= 15 is 0 Å². The van der Waals surface area contributed by atoms with E-state index in [1.807, 2.05) is 74.5 Å². The maximum Gasteiger partial charge on any atom is 0.408 e. The van der Waals surface area contributed by atoms with Gasteiger partial charge in [0.25, 0.3) is 0 Å². The Hall–Kier alpha value is -3.93. The average molecular weight is 463 g/mol. The Morgan fingerprint density at radius 1 is 0.971 bits per heavy atom. The van der Waals surface area contributed by atoms with Crippen molar-refractivity contribution in [2.24, 2.45) is 0 Å². The van der Waals surface area contributed by atoms with Crippen LogP contribution in [0.4, 0.5) is 4.79 Å². The molecular formula is C28H34N2O4. The number of carbonyl (C=O) groups excluding carboxylic acids is 3. The molecule has 0 aliphatic carbocycles. The maximum atomic E-state index is 12.9. The third-order valence-electron chi connectivity index (χ3n) is 4.55. The third kappa shape index (κ3) is 11.1. The molecule has 0 fully saturated rings. The Kier molecular flexibility index (Phi) is 13.8. The van der Waals surface area contributed by atoms with E-state index in [0.717, 1.165) is 11.1 Å². The van der Waals surface area contributed by atoms with E-state index in [4.69, 9.17) is 4.74 Å². The monoisotopic (exact) mass is 462 g/mol. The molecular weight excluding hydrogens is 428 g/mol. The van der Waals surface area contributed by atoms with Crippen LogP contribution in [0, 0.1) is 0 Å². The minimum absolute atomic E-state index is 0.0727. The van der Waals surface area contributed by atoms with Crippen molar-refractivity contribution < 1.29 is 19.1 Å². The summed E-state index contributed by atoms with van der Waals surface area (Å²) in [6.45, 7) is 11.6. The second kappa shape index (κ2) is 16.7. The Morgan fingerprint density at radius 3 is 2.12 bits per heavy atom. The zero-order valence-corrected chi connectivity index (χ0v) is 19.9. The van der Waals surface area contributed by atoms with Crippen LogP contribution in [0.1, 0.15) is 31.4 Å². The van der Waals surface area contributed by atoms with Gasteiger partial charge in [0.05, 0.1) is 6.04 Å². The smallest absolute Gasteiger partial charge is 0.408 e. The van der Waals surface area contributed by atoms with Crippen LogP contribution < -0.4 is 10.6 Å². The number of rotatable bonds is 12. The van der Waals surface area contributed by atoms with Gasteiger partial charge < -0.3 is 20.2 Å². The molecule has 34 heavy (non-hydrogen) atoms. The first-order valence-electron chi connectivity index (χ1n) is 11.3. The minimum atomic E-state index is -0.960. The average Bonchev–Trinajstić information content (AvgIpc) is 2.87. The normalized spacial score (nSPS) is 11.8. The third-order valence-corrected chi connectivity index (χ3v) is 4.55. The van der Waals surface area contributed by atoms with E-state index in [9.17, 15) is 14.4 Å². The molecule has 2 aromatic rings. The van der Waals surface area contributed by atoms with Crippen LogP contribution in [0.3, 0.4) is 0 Å². The van der Waals surface area contributed by atoms with Gasteiger partial charge in [0.1, 0.15) is 18.9 Å². The lowest BCUT2D eigenvalue weighted by Crippen LogP contribution is -2.50. The summed E-state index contributed by atoms with van der Waals surface area (Å²) in [7, 11) is 0. The standard InChI is InChI=1S/C26H28N2O4.C2H6/c1-3-4-11-20(2)16-24(28-26(31)32-19-22-14-9-6-10-15-22)25(30)27-23(18-29)17-21-12-7-5-8-13-21;1-2/h3-15,18,23-24H,1-2,16-17,19H2,(H,27,30)(H,28,31);1-2H3/b11-4-;. The molecule has 0 heterocycles. The van der Waals surface area contributed by atoms with Crippen molar-refractivity contribution in [1.29, 1.82) is 0 Å². The molecule has 2 N–H and O–H groups in total. The zero-order valence-electron chi connectivity index (χ0n) is 19.9. The lowest BCUT2D eigenvalue weighted by Gasteiger charge is -2.21. The first-order chi connectivity index (χ1) is 16.5. The van der Waals surface area contributed by atoms with Gasteiger partial charge in [0.2, 0.25) is 5.91 Å². The molecule has 2 amide bonds. The lowest BCUT2D eigenvalue weighted by molar-refractivity contribution is -0.125. The van der Waals surface area contributed by atoms with Crippen LogP contribution in [-0.2, 0) is 27.4 Å². The molecule has 2 rings (SSSR count). The highest BCUT2D eigenvalue weighted by Crippen LogP contribution is 2.09. The predicted molar refractivity (Wildman–Crippen MR) is 136 cm³/mol. The van der Waals surface area contributed by atoms with E-state index < -0.39 is 24.1 Å². The van der Waals surface area contributed by atoms with Crippen molar-refractivity contribution in [1.82, 2.24) is 10.6 Å². The number of alkyl carbamates (subject to hydrolysis) is 1. The number of ether oxygens (including phenoxy) is 1. The highest BCUT2D eigenvalue weighted by atomic mass is 16.5. The molecule has 2 unspecified atom stereocenters. The molecule has 6 nitrogen and oxygen atoms in total. The summed E-state index contributed by atoms with van der Waals surface area (Å²) < 4.78 is 5.23. The molecule has 0 aliphatic heterocycles. The van der Waals surface area contributed by atoms with E-state index in [0.29, 0.717) is 18.3 Å². The Balaban J connectivity index is 0.00000281.